The highest BCUT2D eigenvalue weighted by Crippen LogP contribution is 2.37. The second kappa shape index (κ2) is 8.43. The molecule has 3 aromatic rings. The maximum atomic E-state index is 5.79. The number of methoxy groups -OCH3 is 1. The fourth-order valence-electron chi connectivity index (χ4n) is 6.56. The van der Waals surface area contributed by atoms with Gasteiger partial charge in [-0.25, -0.2) is 4.68 Å². The molecule has 0 aliphatic carbocycles. The summed E-state index contributed by atoms with van der Waals surface area (Å²) in [5.74, 6) is 2.16. The van der Waals surface area contributed by atoms with E-state index in [1.54, 1.807) is 7.11 Å². The lowest BCUT2D eigenvalue weighted by Gasteiger charge is -2.50. The second-order valence-electron chi connectivity index (χ2n) is 11.1. The summed E-state index contributed by atoms with van der Waals surface area (Å²) in [6.45, 7) is 7.80. The van der Waals surface area contributed by atoms with Crippen LogP contribution in [0.1, 0.15) is 36.3 Å². The average Bonchev–Trinajstić information content (AvgIpc) is 3.62. The highest BCUT2D eigenvalue weighted by molar-refractivity contribution is 6.16. The number of benzene rings is 1. The third kappa shape index (κ3) is 3.61. The van der Waals surface area contributed by atoms with Crippen LogP contribution in [0.5, 0.6) is 6.01 Å². The monoisotopic (exact) mass is 488 g/mol. The average molecular weight is 488 g/mol. The van der Waals surface area contributed by atoms with Gasteiger partial charge in [-0.3, -0.25) is 0 Å². The molecule has 4 aliphatic heterocycles. The highest BCUT2D eigenvalue weighted by atomic mass is 16.5. The van der Waals surface area contributed by atoms with Crippen molar-refractivity contribution in [3.8, 4) is 11.8 Å². The molecule has 0 N–H and O–H groups in total. The fourth-order valence-corrected chi connectivity index (χ4v) is 6.56. The third-order valence-corrected chi connectivity index (χ3v) is 8.75. The molecule has 1 aromatic carbocycles. The van der Waals surface area contributed by atoms with Gasteiger partial charge in [-0.1, -0.05) is 0 Å². The lowest BCUT2D eigenvalue weighted by molar-refractivity contribution is -0.0983. The van der Waals surface area contributed by atoms with Gasteiger partial charge in [0.25, 0.3) is 0 Å². The van der Waals surface area contributed by atoms with E-state index in [-0.39, 0.29) is 5.44 Å². The molecule has 4 aliphatic rings. The van der Waals surface area contributed by atoms with Gasteiger partial charge in [0.05, 0.1) is 50.8 Å². The molecular weight excluding hydrogens is 455 g/mol. The van der Waals surface area contributed by atoms with Crippen LogP contribution in [0.25, 0.3) is 16.7 Å². The molecule has 9 nitrogen and oxygen atoms in total. The van der Waals surface area contributed by atoms with Crippen molar-refractivity contribution in [2.75, 3.05) is 51.5 Å². The number of anilines is 1. The van der Waals surface area contributed by atoms with E-state index in [1.807, 2.05) is 16.9 Å². The molecule has 4 fully saturated rings. The first-order chi connectivity index (χ1) is 17.5. The van der Waals surface area contributed by atoms with Gasteiger partial charge in [-0.15, -0.1) is 0 Å². The summed E-state index contributed by atoms with van der Waals surface area (Å²) in [6.07, 6.45) is 5.62. The SMILES string of the molecule is BC1(N2CCC(c3cc4c(cnn4-c4cc(N5CC6CC5CO6)nc(OC)n4)cc3C)CC2)COC1. The van der Waals surface area contributed by atoms with Gasteiger partial charge in [-0.05, 0) is 68.5 Å². The molecule has 36 heavy (non-hydrogen) atoms. The summed E-state index contributed by atoms with van der Waals surface area (Å²) < 4.78 is 18.7. The fraction of sp³-hybridized carbons (Fsp3) is 0.577. The highest BCUT2D eigenvalue weighted by Gasteiger charge is 2.41. The predicted octanol–water partition coefficient (Wildman–Crippen LogP) is 1.65. The quantitative estimate of drug-likeness (QED) is 0.502. The summed E-state index contributed by atoms with van der Waals surface area (Å²) in [7, 11) is 3.95. The first kappa shape index (κ1) is 22.5. The van der Waals surface area contributed by atoms with E-state index >= 15 is 0 Å². The van der Waals surface area contributed by atoms with E-state index in [9.17, 15) is 0 Å². The smallest absolute Gasteiger partial charge is 0.320 e. The number of fused-ring (bicyclic) bond motifs is 3. The first-order valence-electron chi connectivity index (χ1n) is 13.1. The maximum Gasteiger partial charge on any atom is 0.320 e. The van der Waals surface area contributed by atoms with E-state index in [0.717, 1.165) is 68.4 Å². The van der Waals surface area contributed by atoms with Gasteiger partial charge >= 0.3 is 6.01 Å². The van der Waals surface area contributed by atoms with E-state index in [0.29, 0.717) is 24.1 Å². The minimum Gasteiger partial charge on any atom is -0.467 e. The summed E-state index contributed by atoms with van der Waals surface area (Å²) in [5, 5.41) is 5.88. The Morgan fingerprint density at radius 3 is 2.58 bits per heavy atom. The molecule has 0 amide bonds. The number of morpholine rings is 1. The molecule has 10 heteroatoms. The van der Waals surface area contributed by atoms with Crippen LogP contribution in [0.15, 0.2) is 24.4 Å². The van der Waals surface area contributed by atoms with Crippen molar-refractivity contribution in [3.05, 3.63) is 35.5 Å². The number of rotatable bonds is 5. The van der Waals surface area contributed by atoms with Crippen LogP contribution in [0.3, 0.4) is 0 Å². The van der Waals surface area contributed by atoms with Crippen LogP contribution in [-0.2, 0) is 9.47 Å². The van der Waals surface area contributed by atoms with Crippen LogP contribution in [0, 0.1) is 6.92 Å². The Bertz CT molecular complexity index is 1300. The van der Waals surface area contributed by atoms with E-state index in [1.165, 1.54) is 24.0 Å². The van der Waals surface area contributed by atoms with Crippen molar-refractivity contribution in [1.29, 1.82) is 0 Å². The molecule has 2 atom stereocenters. The summed E-state index contributed by atoms with van der Waals surface area (Å²) in [5.41, 5.74) is 4.07. The van der Waals surface area contributed by atoms with Crippen molar-refractivity contribution in [2.45, 2.75) is 49.7 Å². The largest absolute Gasteiger partial charge is 0.467 e. The standard InChI is InChI=1S/C26H33BN6O3/c1-16-7-18-11-28-33(22(18)9-21(16)17-3-5-31(6-4-17)26(27)14-35-15-26)24-10-23(29-25(30-24)34-2)32-12-20-8-19(32)13-36-20/h7,9-11,17,19-20H,3-6,8,12-15,27H2,1-2H3. The number of aromatic nitrogens is 4. The zero-order chi connectivity index (χ0) is 24.4. The predicted molar refractivity (Wildman–Crippen MR) is 139 cm³/mol. The van der Waals surface area contributed by atoms with Crippen LogP contribution in [0.4, 0.5) is 5.82 Å². The molecule has 6 heterocycles. The zero-order valence-electron chi connectivity index (χ0n) is 21.3. The number of likely N-dealkylation sites (tertiary alicyclic amines) is 1. The minimum atomic E-state index is 0.229. The second-order valence-corrected chi connectivity index (χ2v) is 11.1. The van der Waals surface area contributed by atoms with Crippen molar-refractivity contribution in [1.82, 2.24) is 24.6 Å². The lowest BCUT2D eigenvalue weighted by Crippen LogP contribution is -2.64. The number of hydrogen-bond donors (Lipinski definition) is 0. The Balaban J connectivity index is 1.21. The number of piperidine rings is 1. The summed E-state index contributed by atoms with van der Waals surface area (Å²) in [6, 6.07) is 7.38. The third-order valence-electron chi connectivity index (χ3n) is 8.75. The van der Waals surface area contributed by atoms with E-state index in [2.05, 4.69) is 46.7 Å². The zero-order valence-corrected chi connectivity index (χ0v) is 21.3. The molecular formula is C26H33BN6O3. The first-order valence-corrected chi connectivity index (χ1v) is 13.1. The summed E-state index contributed by atoms with van der Waals surface area (Å²) in [4.78, 5) is 14.3. The topological polar surface area (TPSA) is 77.8 Å². The Morgan fingerprint density at radius 2 is 1.92 bits per heavy atom. The minimum absolute atomic E-state index is 0.229. The molecule has 0 spiro atoms. The van der Waals surface area contributed by atoms with Crippen LogP contribution in [0.2, 0.25) is 0 Å². The number of nitrogens with zero attached hydrogens (tertiary/aromatic N) is 6. The molecule has 188 valence electrons. The van der Waals surface area contributed by atoms with Crippen molar-refractivity contribution < 1.29 is 14.2 Å². The van der Waals surface area contributed by atoms with Crippen LogP contribution < -0.4 is 9.64 Å². The number of ether oxygens (including phenoxy) is 3. The number of aryl methyl sites for hydroxylation is 1. The normalized spacial score (nSPS) is 26.0. The van der Waals surface area contributed by atoms with Crippen molar-refractivity contribution in [3.63, 3.8) is 0 Å². The van der Waals surface area contributed by atoms with E-state index < -0.39 is 0 Å². The molecule has 2 bridgehead atoms. The van der Waals surface area contributed by atoms with Crippen LogP contribution in [-0.4, -0.2) is 96.6 Å². The van der Waals surface area contributed by atoms with Gasteiger partial charge in [0.2, 0.25) is 0 Å². The Labute approximate surface area is 212 Å². The van der Waals surface area contributed by atoms with Gasteiger partial charge in [0, 0.05) is 23.4 Å². The Kier molecular flexibility index (Phi) is 5.27. The van der Waals surface area contributed by atoms with Crippen LogP contribution >= 0.6 is 0 Å². The van der Waals surface area contributed by atoms with Crippen molar-refractivity contribution in [2.24, 2.45) is 0 Å². The van der Waals surface area contributed by atoms with Gasteiger partial charge in [0.1, 0.15) is 13.7 Å². The lowest BCUT2D eigenvalue weighted by atomic mass is 9.72. The Morgan fingerprint density at radius 1 is 1.11 bits per heavy atom. The maximum absolute atomic E-state index is 5.79. The van der Waals surface area contributed by atoms with Gasteiger partial charge in [0.15, 0.2) is 5.82 Å². The van der Waals surface area contributed by atoms with Gasteiger partial charge < -0.3 is 24.0 Å². The Hall–Kier alpha value is -2.69. The molecule has 2 aromatic heterocycles. The molecule has 4 saturated heterocycles. The molecule has 0 radical (unpaired) electrons. The summed E-state index contributed by atoms with van der Waals surface area (Å²) >= 11 is 0. The molecule has 2 unspecified atom stereocenters. The van der Waals surface area contributed by atoms with Crippen molar-refractivity contribution >= 4 is 24.6 Å². The number of hydrogen-bond acceptors (Lipinski definition) is 8. The molecule has 0 saturated carbocycles. The van der Waals surface area contributed by atoms with E-state index in [4.69, 9.17) is 19.3 Å². The van der Waals surface area contributed by atoms with Gasteiger partial charge in [-0.2, -0.15) is 15.1 Å². The molecule has 7 rings (SSSR count).